The first-order valence-corrected chi connectivity index (χ1v) is 17.1. The maximum atomic E-state index is 11.2. The van der Waals surface area contributed by atoms with Crippen LogP contribution in [0.4, 0.5) is 0 Å². The van der Waals surface area contributed by atoms with Crippen molar-refractivity contribution in [3.05, 3.63) is 145 Å². The van der Waals surface area contributed by atoms with Crippen LogP contribution >= 0.6 is 0 Å². The van der Waals surface area contributed by atoms with Gasteiger partial charge in [0.05, 0.1) is 0 Å². The fraction of sp³-hybridized carbons (Fsp3) is 0.136. The molecule has 0 atom stereocenters. The fourth-order valence-electron chi connectivity index (χ4n) is 7.59. The molecule has 248 valence electrons. The van der Waals surface area contributed by atoms with Crippen LogP contribution in [-0.2, 0) is 21.1 Å². The third-order valence-corrected chi connectivity index (χ3v) is 9.93. The number of hydrogen-bond donors (Lipinski definition) is 1. The van der Waals surface area contributed by atoms with Crippen molar-refractivity contribution in [2.75, 3.05) is 0 Å². The molecule has 3 aromatic heterocycles. The summed E-state index contributed by atoms with van der Waals surface area (Å²) in [5, 5.41) is 14.3. The van der Waals surface area contributed by atoms with Crippen molar-refractivity contribution < 1.29 is 30.9 Å². The number of aromatic hydroxyl groups is 1. The van der Waals surface area contributed by atoms with Crippen LogP contribution in [0.5, 0.6) is 17.4 Å². The summed E-state index contributed by atoms with van der Waals surface area (Å²) in [4.78, 5) is 9.77. The minimum Gasteiger partial charge on any atom is -0.506 e. The molecule has 5 aromatic carbocycles. The maximum Gasteiger partial charge on any atom is 0.217 e. The minimum atomic E-state index is 0. The zero-order chi connectivity index (χ0) is 32.7. The van der Waals surface area contributed by atoms with E-state index in [1.807, 2.05) is 60.8 Å². The van der Waals surface area contributed by atoms with Crippen LogP contribution < -0.4 is 4.74 Å². The number of fused-ring (bicyclic) bond motifs is 4. The van der Waals surface area contributed by atoms with E-state index in [1.54, 1.807) is 6.07 Å². The Hall–Kier alpha value is -5.25. The predicted octanol–water partition coefficient (Wildman–Crippen LogP) is 11.4. The van der Waals surface area contributed by atoms with Crippen LogP contribution in [0.3, 0.4) is 0 Å². The first kappa shape index (κ1) is 32.0. The zero-order valence-electron chi connectivity index (χ0n) is 27.3. The summed E-state index contributed by atoms with van der Waals surface area (Å²) in [6, 6.07) is 46.5. The molecule has 0 aliphatic heterocycles. The van der Waals surface area contributed by atoms with E-state index in [2.05, 4.69) is 77.4 Å². The summed E-state index contributed by atoms with van der Waals surface area (Å²) >= 11 is 0. The number of phenols is 1. The Morgan fingerprint density at radius 3 is 2.20 bits per heavy atom. The van der Waals surface area contributed by atoms with E-state index in [4.69, 9.17) is 14.7 Å². The smallest absolute Gasteiger partial charge is 0.217 e. The van der Waals surface area contributed by atoms with Gasteiger partial charge in [-0.15, -0.1) is 17.5 Å². The quantitative estimate of drug-likeness (QED) is 0.170. The summed E-state index contributed by atoms with van der Waals surface area (Å²) < 4.78 is 8.75. The minimum absolute atomic E-state index is 0. The second-order valence-electron chi connectivity index (χ2n) is 12.9. The molecule has 0 amide bonds. The Labute approximate surface area is 305 Å². The van der Waals surface area contributed by atoms with E-state index in [0.29, 0.717) is 23.1 Å². The van der Waals surface area contributed by atoms with Crippen LogP contribution in [0, 0.1) is 6.07 Å². The average Bonchev–Trinajstić information content (AvgIpc) is 3.49. The molecule has 0 saturated heterocycles. The fourth-order valence-corrected chi connectivity index (χ4v) is 7.59. The summed E-state index contributed by atoms with van der Waals surface area (Å²) in [6.07, 6.45) is 8.30. The largest absolute Gasteiger partial charge is 0.506 e. The molecule has 0 spiro atoms. The topological polar surface area (TPSA) is 60.2 Å². The van der Waals surface area contributed by atoms with Gasteiger partial charge in [0.25, 0.3) is 0 Å². The van der Waals surface area contributed by atoms with E-state index in [0.717, 1.165) is 55.3 Å². The second-order valence-corrected chi connectivity index (χ2v) is 12.9. The van der Waals surface area contributed by atoms with Gasteiger partial charge in [0.15, 0.2) is 0 Å². The first-order valence-electron chi connectivity index (χ1n) is 17.1. The van der Waals surface area contributed by atoms with Crippen LogP contribution in [0.15, 0.2) is 134 Å². The van der Waals surface area contributed by atoms with E-state index in [-0.39, 0.29) is 26.8 Å². The Bertz CT molecular complexity index is 2470. The van der Waals surface area contributed by atoms with E-state index >= 15 is 0 Å². The Balaban J connectivity index is 0.00000361. The molecule has 1 N–H and O–H groups in total. The van der Waals surface area contributed by atoms with Crippen LogP contribution in [0.25, 0.3) is 60.8 Å². The molecule has 6 heteroatoms. The SMILES string of the molecule is Oc1ccc(-c2ccccc2)c2c(-c3ccccc3)cc(Oc3[c-]c4c(cc3)c3ccccc3n4-c3cc(C4CCCCC4)ccn3)nc12.[Pt]. The van der Waals surface area contributed by atoms with Crippen LogP contribution in [0.2, 0.25) is 0 Å². The molecule has 0 unspecified atom stereocenters. The van der Waals surface area contributed by atoms with Crippen molar-refractivity contribution >= 4 is 32.7 Å². The van der Waals surface area contributed by atoms with Crippen molar-refractivity contribution in [3.8, 4) is 45.5 Å². The number of hydrogen-bond acceptors (Lipinski definition) is 4. The molecule has 1 saturated carbocycles. The van der Waals surface area contributed by atoms with Crippen LogP contribution in [-0.4, -0.2) is 19.6 Å². The zero-order valence-corrected chi connectivity index (χ0v) is 29.6. The molecular weight excluding hydrogens is 798 g/mol. The monoisotopic (exact) mass is 831 g/mol. The third-order valence-electron chi connectivity index (χ3n) is 9.93. The van der Waals surface area contributed by atoms with Gasteiger partial charge in [0.1, 0.15) is 17.1 Å². The molecule has 8 aromatic rings. The van der Waals surface area contributed by atoms with Crippen molar-refractivity contribution in [1.29, 1.82) is 0 Å². The molecule has 9 rings (SSSR count). The number of aromatic nitrogens is 3. The Kier molecular flexibility index (Phi) is 8.68. The predicted molar refractivity (Wildman–Crippen MR) is 198 cm³/mol. The Morgan fingerprint density at radius 1 is 0.700 bits per heavy atom. The van der Waals surface area contributed by atoms with Gasteiger partial charge in [-0.2, -0.15) is 6.07 Å². The molecule has 1 aliphatic rings. The van der Waals surface area contributed by atoms with E-state index in [9.17, 15) is 5.11 Å². The third kappa shape index (κ3) is 5.76. The number of benzene rings is 5. The van der Waals surface area contributed by atoms with Gasteiger partial charge in [0, 0.05) is 50.0 Å². The average molecular weight is 832 g/mol. The molecule has 1 fully saturated rings. The number of phenolic OH excluding ortho intramolecular Hbond substituents is 1. The van der Waals surface area contributed by atoms with Gasteiger partial charge in [0.2, 0.25) is 5.88 Å². The van der Waals surface area contributed by atoms with E-state index in [1.165, 1.54) is 37.7 Å². The molecule has 3 heterocycles. The number of nitrogens with zero attached hydrogens (tertiary/aromatic N) is 3. The van der Waals surface area contributed by atoms with Crippen molar-refractivity contribution in [2.45, 2.75) is 38.0 Å². The normalized spacial score (nSPS) is 13.4. The van der Waals surface area contributed by atoms with Gasteiger partial charge >= 0.3 is 0 Å². The summed E-state index contributed by atoms with van der Waals surface area (Å²) in [7, 11) is 0. The molecule has 0 bridgehead atoms. The van der Waals surface area contributed by atoms with Gasteiger partial charge < -0.3 is 14.4 Å². The van der Waals surface area contributed by atoms with Gasteiger partial charge in [-0.1, -0.05) is 104 Å². The van der Waals surface area contributed by atoms with Crippen molar-refractivity contribution in [1.82, 2.24) is 14.5 Å². The number of para-hydroxylation sites is 1. The van der Waals surface area contributed by atoms with Crippen LogP contribution in [0.1, 0.15) is 43.6 Å². The molecule has 0 radical (unpaired) electrons. The van der Waals surface area contributed by atoms with Gasteiger partial charge in [-0.3, -0.25) is 0 Å². The molecule has 1 aliphatic carbocycles. The second kappa shape index (κ2) is 13.6. The number of pyridine rings is 2. The first-order chi connectivity index (χ1) is 24.2. The number of rotatable bonds is 6. The standard InChI is InChI=1S/C44H34N3O2.Pt/c48-40-23-22-34(30-14-6-2-7-15-30)43-37(31-16-8-3-9-17-31)28-42(46-44(40)43)49-33-20-21-36-35-18-10-11-19-38(35)47(39(36)27-33)41-26-32(24-25-45-41)29-12-4-1-5-13-29;/h2-3,6-11,14-26,28-29,48H,1,4-5,12-13H2;/q-1;. The molecule has 5 nitrogen and oxygen atoms in total. The van der Waals surface area contributed by atoms with Gasteiger partial charge in [-0.25, -0.2) is 9.97 Å². The summed E-state index contributed by atoms with van der Waals surface area (Å²) in [5.41, 5.74) is 7.78. The Morgan fingerprint density at radius 2 is 1.42 bits per heavy atom. The number of ether oxygens (including phenoxy) is 1. The maximum absolute atomic E-state index is 11.2. The van der Waals surface area contributed by atoms with E-state index < -0.39 is 0 Å². The molecular formula is C44H34N3O2Pt-. The summed E-state index contributed by atoms with van der Waals surface area (Å²) in [6.45, 7) is 0. The van der Waals surface area contributed by atoms with Gasteiger partial charge in [-0.05, 0) is 82.3 Å². The van der Waals surface area contributed by atoms with Crippen molar-refractivity contribution in [2.24, 2.45) is 0 Å². The van der Waals surface area contributed by atoms with Crippen molar-refractivity contribution in [3.63, 3.8) is 0 Å². The molecule has 50 heavy (non-hydrogen) atoms. The summed E-state index contributed by atoms with van der Waals surface area (Å²) in [5.74, 6) is 2.47.